The largest absolute Gasteiger partial charge is 0.392 e. The van der Waals surface area contributed by atoms with Crippen molar-refractivity contribution in [3.8, 4) is 0 Å². The summed E-state index contributed by atoms with van der Waals surface area (Å²) in [5.74, 6) is -18.1. The molecule has 0 N–H and O–H groups in total. The molecular weight excluding hydrogens is 367 g/mol. The second-order valence-electron chi connectivity index (χ2n) is 4.48. The molecule has 0 unspecified atom stereocenters. The van der Waals surface area contributed by atoms with Gasteiger partial charge in [0.25, 0.3) is 0 Å². The van der Waals surface area contributed by atoms with E-state index in [0.717, 1.165) is 0 Å². The zero-order valence-electron chi connectivity index (χ0n) is 10.5. The third kappa shape index (κ3) is 3.59. The highest BCUT2D eigenvalue weighted by Gasteiger charge is 2.79. The number of hydrogen-bond acceptors (Lipinski definition) is 0. The zero-order valence-corrected chi connectivity index (χ0v) is 12.0. The highest BCUT2D eigenvalue weighted by atomic mass is 35.5. The van der Waals surface area contributed by atoms with Gasteiger partial charge in [0.05, 0.1) is 0 Å². The molecule has 0 nitrogen and oxygen atoms in total. The van der Waals surface area contributed by atoms with E-state index in [9.17, 15) is 35.1 Å². The van der Waals surface area contributed by atoms with Gasteiger partial charge in [-0.2, -0.15) is 35.1 Å². The van der Waals surface area contributed by atoms with Crippen molar-refractivity contribution in [2.45, 2.75) is 36.0 Å². The number of aryl methyl sites for hydroxylation is 1. The number of alkyl halides is 9. The second kappa shape index (κ2) is 6.03. The Morgan fingerprint density at radius 1 is 0.773 bits per heavy atom. The molecule has 1 aromatic carbocycles. The van der Waals surface area contributed by atoms with Crippen LogP contribution in [0.2, 0.25) is 5.02 Å². The molecule has 0 aromatic heterocycles. The maximum absolute atomic E-state index is 13.3. The first-order valence-corrected chi connectivity index (χ1v) is 6.42. The standard InChI is InChI=1S/C12H8Cl2F8/c13-8-3-1-7(2-4-8)5-6-9(15,16)10(17,18)11(19,20)12(14,21)22/h1-4H,5-6H2. The van der Waals surface area contributed by atoms with Crippen molar-refractivity contribution in [3.05, 3.63) is 34.9 Å². The Bertz CT molecular complexity index is 507. The molecule has 0 atom stereocenters. The molecule has 0 aliphatic rings. The van der Waals surface area contributed by atoms with Crippen LogP contribution < -0.4 is 0 Å². The Labute approximate surface area is 130 Å². The predicted molar refractivity (Wildman–Crippen MR) is 65.4 cm³/mol. The molecule has 0 bridgehead atoms. The summed E-state index contributed by atoms with van der Waals surface area (Å²) in [6.45, 7) is 0. The van der Waals surface area contributed by atoms with Crippen molar-refractivity contribution < 1.29 is 35.1 Å². The topological polar surface area (TPSA) is 0 Å². The summed E-state index contributed by atoms with van der Waals surface area (Å²) in [5.41, 5.74) is 0.0980. The van der Waals surface area contributed by atoms with E-state index in [0.29, 0.717) is 0 Å². The van der Waals surface area contributed by atoms with Crippen molar-refractivity contribution in [2.75, 3.05) is 0 Å². The molecule has 0 saturated heterocycles. The molecule has 0 radical (unpaired) electrons. The molecule has 0 aliphatic heterocycles. The lowest BCUT2D eigenvalue weighted by Gasteiger charge is -2.34. The van der Waals surface area contributed by atoms with Crippen LogP contribution in [0.3, 0.4) is 0 Å². The molecule has 0 fully saturated rings. The highest BCUT2D eigenvalue weighted by Crippen LogP contribution is 2.55. The molecule has 0 heterocycles. The molecule has 10 heteroatoms. The summed E-state index contributed by atoms with van der Waals surface area (Å²) < 4.78 is 103. The van der Waals surface area contributed by atoms with Gasteiger partial charge in [0.1, 0.15) is 0 Å². The van der Waals surface area contributed by atoms with Gasteiger partial charge in [-0.25, -0.2) is 0 Å². The van der Waals surface area contributed by atoms with Crippen LogP contribution in [0.1, 0.15) is 12.0 Å². The molecule has 0 amide bonds. The Balaban J connectivity index is 2.94. The van der Waals surface area contributed by atoms with Gasteiger partial charge in [-0.05, 0) is 35.7 Å². The average Bonchev–Trinajstić information content (AvgIpc) is 2.36. The minimum atomic E-state index is -6.41. The number of benzene rings is 1. The zero-order chi connectivity index (χ0) is 17.4. The lowest BCUT2D eigenvalue weighted by atomic mass is 9.97. The Kier molecular flexibility index (Phi) is 5.29. The van der Waals surface area contributed by atoms with Crippen LogP contribution in [0.5, 0.6) is 0 Å². The number of halogens is 10. The predicted octanol–water partition coefficient (Wildman–Crippen LogP) is 6.01. The summed E-state index contributed by atoms with van der Waals surface area (Å²) in [6, 6.07) is 4.97. The van der Waals surface area contributed by atoms with Gasteiger partial charge in [-0.15, -0.1) is 0 Å². The van der Waals surface area contributed by atoms with Crippen LogP contribution in [-0.2, 0) is 6.42 Å². The van der Waals surface area contributed by atoms with Gasteiger partial charge in [-0.1, -0.05) is 23.7 Å². The molecule has 0 aliphatic carbocycles. The average molecular weight is 375 g/mol. The van der Waals surface area contributed by atoms with Gasteiger partial charge in [0, 0.05) is 11.4 Å². The van der Waals surface area contributed by atoms with Crippen molar-refractivity contribution in [1.29, 1.82) is 0 Å². The van der Waals surface area contributed by atoms with Gasteiger partial charge in [0.15, 0.2) is 0 Å². The molecule has 1 aromatic rings. The first-order chi connectivity index (χ1) is 9.72. The van der Waals surface area contributed by atoms with Crippen molar-refractivity contribution >= 4 is 23.2 Å². The normalized spacial score (nSPS) is 14.3. The quantitative estimate of drug-likeness (QED) is 0.422. The Morgan fingerprint density at radius 2 is 1.23 bits per heavy atom. The summed E-state index contributed by atoms with van der Waals surface area (Å²) in [5, 5.41) is -5.57. The second-order valence-corrected chi connectivity index (χ2v) is 5.39. The minimum Gasteiger partial charge on any atom is -0.200 e. The Hall–Kier alpha value is -0.760. The van der Waals surface area contributed by atoms with Crippen molar-refractivity contribution in [1.82, 2.24) is 0 Å². The highest BCUT2D eigenvalue weighted by molar-refractivity contribution is 6.30. The van der Waals surface area contributed by atoms with Crippen LogP contribution in [0.15, 0.2) is 24.3 Å². The maximum atomic E-state index is 13.3. The fourth-order valence-electron chi connectivity index (χ4n) is 1.52. The van der Waals surface area contributed by atoms with E-state index in [1.807, 2.05) is 0 Å². The van der Waals surface area contributed by atoms with Gasteiger partial charge >= 0.3 is 23.1 Å². The molecule has 0 saturated carbocycles. The number of hydrogen-bond donors (Lipinski definition) is 0. The van der Waals surface area contributed by atoms with E-state index in [4.69, 9.17) is 11.6 Å². The fourth-order valence-corrected chi connectivity index (χ4v) is 1.76. The van der Waals surface area contributed by atoms with E-state index in [-0.39, 0.29) is 10.6 Å². The first kappa shape index (κ1) is 19.3. The molecule has 0 spiro atoms. The van der Waals surface area contributed by atoms with Gasteiger partial charge in [0.2, 0.25) is 0 Å². The smallest absolute Gasteiger partial charge is 0.200 e. The molecule has 22 heavy (non-hydrogen) atoms. The van der Waals surface area contributed by atoms with Crippen molar-refractivity contribution in [3.63, 3.8) is 0 Å². The third-order valence-electron chi connectivity index (χ3n) is 2.85. The Morgan fingerprint density at radius 3 is 1.64 bits per heavy atom. The monoisotopic (exact) mass is 374 g/mol. The van der Waals surface area contributed by atoms with Crippen LogP contribution in [-0.4, -0.2) is 23.1 Å². The fraction of sp³-hybridized carbons (Fsp3) is 0.500. The van der Waals surface area contributed by atoms with Gasteiger partial charge < -0.3 is 0 Å². The summed E-state index contributed by atoms with van der Waals surface area (Å²) in [7, 11) is 0. The maximum Gasteiger partial charge on any atom is 0.392 e. The summed E-state index contributed by atoms with van der Waals surface area (Å²) >= 11 is 9.36. The third-order valence-corrected chi connectivity index (χ3v) is 3.34. The first-order valence-electron chi connectivity index (χ1n) is 5.67. The van der Waals surface area contributed by atoms with E-state index in [1.54, 1.807) is 0 Å². The van der Waals surface area contributed by atoms with E-state index >= 15 is 0 Å². The number of rotatable bonds is 6. The van der Waals surface area contributed by atoms with Crippen LogP contribution in [0.25, 0.3) is 0 Å². The van der Waals surface area contributed by atoms with Crippen LogP contribution >= 0.6 is 23.2 Å². The SMILES string of the molecule is FC(F)(Cl)C(F)(F)C(F)(F)C(F)(F)CCc1ccc(Cl)cc1. The van der Waals surface area contributed by atoms with E-state index in [1.165, 1.54) is 24.3 Å². The lowest BCUT2D eigenvalue weighted by Crippen LogP contribution is -2.60. The van der Waals surface area contributed by atoms with Gasteiger partial charge in [-0.3, -0.25) is 0 Å². The lowest BCUT2D eigenvalue weighted by molar-refractivity contribution is -0.348. The summed E-state index contributed by atoms with van der Waals surface area (Å²) in [4.78, 5) is 0. The summed E-state index contributed by atoms with van der Waals surface area (Å²) in [6.07, 6.45) is -2.52. The molecular formula is C12H8Cl2F8. The van der Waals surface area contributed by atoms with E-state index in [2.05, 4.69) is 11.6 Å². The van der Waals surface area contributed by atoms with E-state index < -0.39 is 36.0 Å². The molecule has 126 valence electrons. The minimum absolute atomic E-state index is 0.0980. The molecule has 1 rings (SSSR count). The van der Waals surface area contributed by atoms with Crippen LogP contribution in [0.4, 0.5) is 35.1 Å². The van der Waals surface area contributed by atoms with Crippen molar-refractivity contribution in [2.24, 2.45) is 0 Å². The van der Waals surface area contributed by atoms with Crippen LogP contribution in [0, 0.1) is 0 Å².